The molecule has 0 amide bonds. The van der Waals surface area contributed by atoms with Gasteiger partial charge in [-0.2, -0.15) is 0 Å². The van der Waals surface area contributed by atoms with Gasteiger partial charge in [-0.15, -0.1) is 5.26 Å². The van der Waals surface area contributed by atoms with Crippen molar-refractivity contribution >= 4 is 0 Å². The molecule has 0 aromatic heterocycles. The molecule has 1 fully saturated rings. The Bertz CT molecular complexity index is 526. The summed E-state index contributed by atoms with van der Waals surface area (Å²) in [5.41, 5.74) is 0.460. The van der Waals surface area contributed by atoms with E-state index in [1.807, 2.05) is 0 Å². The predicted molar refractivity (Wildman–Crippen MR) is 76.4 cm³/mol. The normalized spacial score (nSPS) is 16.7. The number of rotatable bonds is 6. The average molecular weight is 311 g/mol. The monoisotopic (exact) mass is 311 g/mol. The van der Waals surface area contributed by atoms with Gasteiger partial charge in [0.05, 0.1) is 6.61 Å². The molecule has 22 heavy (non-hydrogen) atoms. The number of aliphatic hydroxyl groups excluding tert-OH is 1. The molecule has 1 heterocycles. The van der Waals surface area contributed by atoms with Gasteiger partial charge in [0.1, 0.15) is 5.75 Å². The van der Waals surface area contributed by atoms with Gasteiger partial charge in [-0.25, -0.2) is 8.78 Å². The molecule has 1 aromatic rings. The Hall–Kier alpha value is -1.75. The van der Waals surface area contributed by atoms with E-state index in [-0.39, 0.29) is 17.9 Å². The number of piperazine rings is 1. The van der Waals surface area contributed by atoms with E-state index in [0.29, 0.717) is 18.7 Å². The van der Waals surface area contributed by atoms with Crippen molar-refractivity contribution in [2.75, 3.05) is 39.3 Å². The quantitative estimate of drug-likeness (QED) is 0.809. The zero-order chi connectivity index (χ0) is 15.9. The Kier molecular flexibility index (Phi) is 6.07. The summed E-state index contributed by atoms with van der Waals surface area (Å²) in [7, 11) is 0. The van der Waals surface area contributed by atoms with E-state index in [1.165, 1.54) is 18.4 Å². The Morgan fingerprint density at radius 2 is 1.91 bits per heavy atom. The summed E-state index contributed by atoms with van der Waals surface area (Å²) < 4.78 is 31.0. The first-order valence-electron chi connectivity index (χ1n) is 7.16. The summed E-state index contributed by atoms with van der Waals surface area (Å²) in [6.07, 6.45) is -1.12. The number of ether oxygens (including phenoxy) is 1. The zero-order valence-corrected chi connectivity index (χ0v) is 12.2. The number of halogens is 2. The van der Waals surface area contributed by atoms with Gasteiger partial charge in [-0.05, 0) is 17.7 Å². The molecule has 5 nitrogen and oxygen atoms in total. The van der Waals surface area contributed by atoms with Crippen LogP contribution in [0.25, 0.3) is 0 Å². The van der Waals surface area contributed by atoms with E-state index in [1.54, 1.807) is 6.07 Å². The highest BCUT2D eigenvalue weighted by molar-refractivity contribution is 5.37. The van der Waals surface area contributed by atoms with Crippen LogP contribution in [0.5, 0.6) is 5.75 Å². The number of hydrogen-bond acceptors (Lipinski definition) is 5. The highest BCUT2D eigenvalue weighted by Crippen LogP contribution is 2.28. The fraction of sp³-hybridized carbons (Fsp3) is 0.533. The van der Waals surface area contributed by atoms with Crippen molar-refractivity contribution in [1.29, 1.82) is 5.26 Å². The lowest BCUT2D eigenvalue weighted by Gasteiger charge is -2.34. The van der Waals surface area contributed by atoms with Crippen molar-refractivity contribution < 1.29 is 18.6 Å². The maximum Gasteiger partial charge on any atom is 0.292 e. The number of alkyl halides is 2. The highest BCUT2D eigenvalue weighted by Gasteiger charge is 2.20. The molecule has 1 N–H and O–H groups in total. The number of hydrogen-bond donors (Lipinski definition) is 1. The van der Waals surface area contributed by atoms with E-state index in [0.717, 1.165) is 26.2 Å². The van der Waals surface area contributed by atoms with Gasteiger partial charge in [0, 0.05) is 44.8 Å². The molecule has 0 bridgehead atoms. The van der Waals surface area contributed by atoms with Crippen LogP contribution in [0.4, 0.5) is 8.78 Å². The van der Waals surface area contributed by atoms with Gasteiger partial charge >= 0.3 is 0 Å². The van der Waals surface area contributed by atoms with Crippen LogP contribution in [-0.4, -0.2) is 54.2 Å². The lowest BCUT2D eigenvalue weighted by molar-refractivity contribution is 0.106. The lowest BCUT2D eigenvalue weighted by Crippen LogP contribution is -2.46. The second kappa shape index (κ2) is 8.03. The Labute approximate surface area is 128 Å². The molecule has 1 aliphatic rings. The zero-order valence-electron chi connectivity index (χ0n) is 12.2. The number of benzene rings is 1. The second-order valence-electron chi connectivity index (χ2n) is 5.20. The van der Waals surface area contributed by atoms with Crippen molar-refractivity contribution in [3.63, 3.8) is 0 Å². The van der Waals surface area contributed by atoms with Gasteiger partial charge in [-0.3, -0.25) is 9.80 Å². The van der Waals surface area contributed by atoms with Crippen molar-refractivity contribution in [1.82, 2.24) is 9.80 Å². The molecule has 1 aliphatic heterocycles. The van der Waals surface area contributed by atoms with Crippen LogP contribution in [0.2, 0.25) is 0 Å². The van der Waals surface area contributed by atoms with Crippen LogP contribution >= 0.6 is 0 Å². The molecular weight excluding hydrogens is 292 g/mol. The molecule has 0 radical (unpaired) electrons. The third-order valence-corrected chi connectivity index (χ3v) is 3.79. The summed E-state index contributed by atoms with van der Waals surface area (Å²) in [5.74, 6) is 0.134. The summed E-state index contributed by atoms with van der Waals surface area (Å²) in [4.78, 5) is 4.26. The van der Waals surface area contributed by atoms with Crippen molar-refractivity contribution in [3.8, 4) is 12.0 Å². The Morgan fingerprint density at radius 1 is 1.23 bits per heavy atom. The molecular formula is C15H19F2N3O2. The molecule has 2 rings (SSSR count). The summed E-state index contributed by atoms with van der Waals surface area (Å²) in [5, 5.41) is 17.4. The smallest absolute Gasteiger partial charge is 0.292 e. The fourth-order valence-corrected chi connectivity index (χ4v) is 2.59. The van der Waals surface area contributed by atoms with E-state index in [2.05, 4.69) is 14.5 Å². The van der Waals surface area contributed by atoms with Crippen molar-refractivity contribution in [2.45, 2.75) is 13.0 Å². The first-order chi connectivity index (χ1) is 10.6. The van der Waals surface area contributed by atoms with E-state index in [9.17, 15) is 8.78 Å². The Balaban J connectivity index is 2.02. The summed E-state index contributed by atoms with van der Waals surface area (Å²) in [6, 6.07) is 4.35. The maximum atomic E-state index is 13.2. The van der Waals surface area contributed by atoms with Crippen molar-refractivity contribution in [3.05, 3.63) is 29.3 Å². The standard InChI is InChI=1S/C15H19F2N3O2/c16-15(17)14-9-13(22-11-18)2-1-12(14)10-20-5-3-19(4-6-20)7-8-21/h1-2,9,15,21H,3-8,10H2. The molecule has 0 saturated carbocycles. The van der Waals surface area contributed by atoms with Gasteiger partial charge in [0.2, 0.25) is 0 Å². The second-order valence-corrected chi connectivity index (χ2v) is 5.20. The van der Waals surface area contributed by atoms with E-state index < -0.39 is 6.43 Å². The third kappa shape index (κ3) is 4.37. The topological polar surface area (TPSA) is 59.7 Å². The van der Waals surface area contributed by atoms with Crippen LogP contribution in [-0.2, 0) is 6.54 Å². The fourth-order valence-electron chi connectivity index (χ4n) is 2.59. The molecule has 0 unspecified atom stereocenters. The first kappa shape index (κ1) is 16.6. The maximum absolute atomic E-state index is 13.2. The number of nitrogens with zero attached hydrogens (tertiary/aromatic N) is 3. The van der Waals surface area contributed by atoms with Crippen LogP contribution in [0.15, 0.2) is 18.2 Å². The highest BCUT2D eigenvalue weighted by atomic mass is 19.3. The van der Waals surface area contributed by atoms with E-state index in [4.69, 9.17) is 10.4 Å². The van der Waals surface area contributed by atoms with Gasteiger partial charge < -0.3 is 9.84 Å². The van der Waals surface area contributed by atoms with Gasteiger partial charge in [0.15, 0.2) is 0 Å². The number of β-amino-alcohol motifs (C(OH)–C–C–N with tert-alkyl or cyclic N) is 1. The number of nitriles is 1. The first-order valence-corrected chi connectivity index (χ1v) is 7.16. The molecule has 0 aliphatic carbocycles. The summed E-state index contributed by atoms with van der Waals surface area (Å²) in [6.45, 7) is 4.42. The number of aliphatic hydroxyl groups is 1. The average Bonchev–Trinajstić information content (AvgIpc) is 2.51. The molecule has 0 atom stereocenters. The van der Waals surface area contributed by atoms with Crippen LogP contribution < -0.4 is 4.74 Å². The lowest BCUT2D eigenvalue weighted by atomic mass is 10.1. The minimum absolute atomic E-state index is 0.0921. The Morgan fingerprint density at radius 3 is 2.50 bits per heavy atom. The largest absolute Gasteiger partial charge is 0.395 e. The van der Waals surface area contributed by atoms with Crippen molar-refractivity contribution in [2.24, 2.45) is 0 Å². The third-order valence-electron chi connectivity index (χ3n) is 3.79. The molecule has 1 saturated heterocycles. The van der Waals surface area contributed by atoms with E-state index >= 15 is 0 Å². The summed E-state index contributed by atoms with van der Waals surface area (Å²) >= 11 is 0. The van der Waals surface area contributed by atoms with Gasteiger partial charge in [-0.1, -0.05) is 6.07 Å². The molecule has 7 heteroatoms. The minimum Gasteiger partial charge on any atom is -0.395 e. The van der Waals surface area contributed by atoms with Crippen LogP contribution in [0.3, 0.4) is 0 Å². The molecule has 1 aromatic carbocycles. The molecule has 120 valence electrons. The molecule has 0 spiro atoms. The van der Waals surface area contributed by atoms with Crippen LogP contribution in [0, 0.1) is 11.5 Å². The predicted octanol–water partition coefficient (Wildman–Crippen LogP) is 1.59. The minimum atomic E-state index is -2.60. The van der Waals surface area contributed by atoms with Crippen LogP contribution in [0.1, 0.15) is 17.6 Å². The SMILES string of the molecule is N#COc1ccc(CN2CCN(CCO)CC2)c(C(F)F)c1. The van der Waals surface area contributed by atoms with Gasteiger partial charge in [0.25, 0.3) is 12.7 Å².